The predicted octanol–water partition coefficient (Wildman–Crippen LogP) is 3.27. The highest BCUT2D eigenvalue weighted by Gasteiger charge is 2.15. The van der Waals surface area contributed by atoms with Crippen molar-refractivity contribution in [3.05, 3.63) is 46.3 Å². The molecule has 0 atom stereocenters. The van der Waals surface area contributed by atoms with Crippen LogP contribution in [0.2, 0.25) is 0 Å². The minimum absolute atomic E-state index is 0.196. The second-order valence-electron chi connectivity index (χ2n) is 4.01. The standard InChI is InChI=1S/C12H7BrF2N4O/c1-6-2-10(19-12(18-6)16-5-17-19)20-9-4-7(13)3-8(14)11(9)15/h2-5H,1H3. The van der Waals surface area contributed by atoms with Gasteiger partial charge >= 0.3 is 0 Å². The summed E-state index contributed by atoms with van der Waals surface area (Å²) in [7, 11) is 0. The monoisotopic (exact) mass is 340 g/mol. The molecule has 0 radical (unpaired) electrons. The van der Waals surface area contributed by atoms with E-state index < -0.39 is 11.6 Å². The molecule has 2 heterocycles. The lowest BCUT2D eigenvalue weighted by atomic mass is 10.3. The van der Waals surface area contributed by atoms with Crippen molar-refractivity contribution in [1.29, 1.82) is 0 Å². The van der Waals surface area contributed by atoms with E-state index in [1.165, 1.54) is 16.9 Å². The lowest BCUT2D eigenvalue weighted by Gasteiger charge is -2.09. The third-order valence-corrected chi connectivity index (χ3v) is 2.98. The molecule has 0 aliphatic heterocycles. The largest absolute Gasteiger partial charge is 0.436 e. The van der Waals surface area contributed by atoms with Crippen molar-refractivity contribution in [2.45, 2.75) is 6.92 Å². The Bertz CT molecular complexity index is 805. The number of aromatic nitrogens is 4. The molecule has 0 bridgehead atoms. The molecule has 0 aliphatic carbocycles. The van der Waals surface area contributed by atoms with Crippen molar-refractivity contribution in [3.8, 4) is 11.6 Å². The number of benzene rings is 1. The molecule has 0 fully saturated rings. The first kappa shape index (κ1) is 12.9. The maximum absolute atomic E-state index is 13.7. The zero-order chi connectivity index (χ0) is 14.3. The van der Waals surface area contributed by atoms with Crippen molar-refractivity contribution in [2.24, 2.45) is 0 Å². The van der Waals surface area contributed by atoms with E-state index in [0.29, 0.717) is 15.9 Å². The average Bonchev–Trinajstić information content (AvgIpc) is 2.83. The quantitative estimate of drug-likeness (QED) is 0.672. The molecular weight excluding hydrogens is 334 g/mol. The fourth-order valence-electron chi connectivity index (χ4n) is 1.69. The number of rotatable bonds is 2. The summed E-state index contributed by atoms with van der Waals surface area (Å²) in [6, 6.07) is 3.90. The van der Waals surface area contributed by atoms with E-state index in [1.807, 2.05) is 0 Å². The second-order valence-corrected chi connectivity index (χ2v) is 4.93. The van der Waals surface area contributed by atoms with Gasteiger partial charge in [-0.3, -0.25) is 0 Å². The smallest absolute Gasteiger partial charge is 0.255 e. The number of halogens is 3. The number of ether oxygens (including phenoxy) is 1. The van der Waals surface area contributed by atoms with Gasteiger partial charge in [0.1, 0.15) is 6.33 Å². The summed E-state index contributed by atoms with van der Waals surface area (Å²) in [5.74, 6) is -1.82. The average molecular weight is 341 g/mol. The van der Waals surface area contributed by atoms with E-state index in [9.17, 15) is 8.78 Å². The Labute approximate surface area is 120 Å². The third-order valence-electron chi connectivity index (χ3n) is 2.52. The Morgan fingerprint density at radius 2 is 2.05 bits per heavy atom. The fraction of sp³-hybridized carbons (Fsp3) is 0.0833. The van der Waals surface area contributed by atoms with Crippen LogP contribution in [0.1, 0.15) is 5.69 Å². The van der Waals surface area contributed by atoms with Gasteiger partial charge in [0.05, 0.1) is 0 Å². The van der Waals surface area contributed by atoms with Gasteiger partial charge in [0.25, 0.3) is 5.78 Å². The van der Waals surface area contributed by atoms with Crippen LogP contribution in [0.5, 0.6) is 11.6 Å². The number of hydrogen-bond donors (Lipinski definition) is 0. The molecule has 102 valence electrons. The third kappa shape index (κ3) is 2.22. The van der Waals surface area contributed by atoms with Gasteiger partial charge in [-0.05, 0) is 19.1 Å². The van der Waals surface area contributed by atoms with Gasteiger partial charge in [-0.25, -0.2) is 9.37 Å². The summed E-state index contributed by atoms with van der Waals surface area (Å²) in [6.45, 7) is 1.74. The molecule has 0 saturated carbocycles. The lowest BCUT2D eigenvalue weighted by Crippen LogP contribution is -2.01. The van der Waals surface area contributed by atoms with E-state index >= 15 is 0 Å². The Hall–Kier alpha value is -2.09. The Kier molecular flexibility index (Phi) is 3.09. The highest BCUT2D eigenvalue weighted by atomic mass is 79.9. The molecule has 0 N–H and O–H groups in total. The molecule has 8 heteroatoms. The normalized spacial score (nSPS) is 11.0. The highest BCUT2D eigenvalue weighted by molar-refractivity contribution is 9.10. The van der Waals surface area contributed by atoms with Gasteiger partial charge in [0.15, 0.2) is 11.6 Å². The molecule has 0 amide bonds. The molecule has 0 spiro atoms. The van der Waals surface area contributed by atoms with Crippen LogP contribution < -0.4 is 4.74 Å². The maximum Gasteiger partial charge on any atom is 0.255 e. The summed E-state index contributed by atoms with van der Waals surface area (Å²) in [6.07, 6.45) is 1.30. The van der Waals surface area contributed by atoms with E-state index in [2.05, 4.69) is 31.0 Å². The van der Waals surface area contributed by atoms with Crippen LogP contribution in [0.25, 0.3) is 5.78 Å². The molecule has 0 unspecified atom stereocenters. The van der Waals surface area contributed by atoms with Crippen LogP contribution in [0, 0.1) is 18.6 Å². The lowest BCUT2D eigenvalue weighted by molar-refractivity contribution is 0.395. The Balaban J connectivity index is 2.12. The van der Waals surface area contributed by atoms with E-state index in [-0.39, 0.29) is 11.6 Å². The van der Waals surface area contributed by atoms with Crippen LogP contribution in [-0.4, -0.2) is 19.6 Å². The summed E-state index contributed by atoms with van der Waals surface area (Å²) < 4.78 is 34.1. The first-order chi connectivity index (χ1) is 9.54. The van der Waals surface area contributed by atoms with E-state index in [1.54, 1.807) is 13.0 Å². The molecule has 3 rings (SSSR count). The number of nitrogens with zero attached hydrogens (tertiary/aromatic N) is 4. The highest BCUT2D eigenvalue weighted by Crippen LogP contribution is 2.29. The zero-order valence-corrected chi connectivity index (χ0v) is 11.7. The van der Waals surface area contributed by atoms with Crippen molar-refractivity contribution in [2.75, 3.05) is 0 Å². The van der Waals surface area contributed by atoms with Gasteiger partial charge in [0, 0.05) is 16.2 Å². The van der Waals surface area contributed by atoms with Crippen molar-refractivity contribution < 1.29 is 13.5 Å². The summed E-state index contributed by atoms with van der Waals surface area (Å²) in [4.78, 5) is 8.05. The van der Waals surface area contributed by atoms with Gasteiger partial charge in [-0.15, -0.1) is 0 Å². The van der Waals surface area contributed by atoms with Gasteiger partial charge < -0.3 is 4.74 Å². The van der Waals surface area contributed by atoms with Crippen molar-refractivity contribution >= 4 is 21.7 Å². The fourth-order valence-corrected chi connectivity index (χ4v) is 2.10. The summed E-state index contributed by atoms with van der Waals surface area (Å²) in [5, 5.41) is 3.92. The number of fused-ring (bicyclic) bond motifs is 1. The molecule has 5 nitrogen and oxygen atoms in total. The molecule has 0 aliphatic rings. The van der Waals surface area contributed by atoms with Crippen molar-refractivity contribution in [3.63, 3.8) is 0 Å². The molecular formula is C12H7BrF2N4O. The van der Waals surface area contributed by atoms with E-state index in [0.717, 1.165) is 6.07 Å². The topological polar surface area (TPSA) is 52.3 Å². The van der Waals surface area contributed by atoms with Gasteiger partial charge in [-0.2, -0.15) is 19.0 Å². The molecule has 20 heavy (non-hydrogen) atoms. The second kappa shape index (κ2) is 4.78. The summed E-state index contributed by atoms with van der Waals surface area (Å²) >= 11 is 3.08. The zero-order valence-electron chi connectivity index (χ0n) is 10.1. The van der Waals surface area contributed by atoms with Crippen LogP contribution >= 0.6 is 15.9 Å². The first-order valence-corrected chi connectivity index (χ1v) is 6.33. The van der Waals surface area contributed by atoms with Gasteiger partial charge in [0.2, 0.25) is 11.7 Å². The molecule has 2 aromatic heterocycles. The van der Waals surface area contributed by atoms with Crippen LogP contribution in [0.4, 0.5) is 8.78 Å². The predicted molar refractivity (Wildman–Crippen MR) is 69.7 cm³/mol. The Morgan fingerprint density at radius 1 is 1.25 bits per heavy atom. The number of aryl methyl sites for hydroxylation is 1. The molecule has 1 aromatic carbocycles. The summed E-state index contributed by atoms with van der Waals surface area (Å²) in [5.41, 5.74) is 0.622. The minimum atomic E-state index is -1.07. The van der Waals surface area contributed by atoms with Crippen LogP contribution in [0.15, 0.2) is 29.0 Å². The van der Waals surface area contributed by atoms with Gasteiger partial charge in [-0.1, -0.05) is 15.9 Å². The SMILES string of the molecule is Cc1cc(Oc2cc(Br)cc(F)c2F)n2ncnc2n1. The van der Waals surface area contributed by atoms with Crippen molar-refractivity contribution in [1.82, 2.24) is 19.6 Å². The Morgan fingerprint density at radius 3 is 2.85 bits per heavy atom. The van der Waals surface area contributed by atoms with Crippen LogP contribution in [0.3, 0.4) is 0 Å². The number of hydrogen-bond acceptors (Lipinski definition) is 4. The van der Waals surface area contributed by atoms with Crippen LogP contribution in [-0.2, 0) is 0 Å². The van der Waals surface area contributed by atoms with E-state index in [4.69, 9.17) is 4.74 Å². The molecule has 3 aromatic rings. The first-order valence-electron chi connectivity index (χ1n) is 5.54. The maximum atomic E-state index is 13.7. The minimum Gasteiger partial charge on any atom is -0.436 e. The molecule has 0 saturated heterocycles.